The van der Waals surface area contributed by atoms with E-state index >= 15 is 0 Å². The number of carboxylic acid groups (broad SMARTS) is 1. The number of aliphatic hydroxyl groups is 1. The molecule has 0 radical (unpaired) electrons. The monoisotopic (exact) mass is 1870 g/mol. The number of hydrogen-bond donors (Lipinski definition) is 5. The van der Waals surface area contributed by atoms with Gasteiger partial charge in [-0.25, -0.2) is 37.5 Å². The molecule has 0 aliphatic heterocycles. The number of nitrogens with zero attached hydrogens (tertiary/aromatic N) is 3. The number of hydrogen-bond acceptors (Lipinski definition) is 27. The molecule has 14 rings (SSSR count). The van der Waals surface area contributed by atoms with Gasteiger partial charge in [-0.15, -0.1) is 0 Å². The molecule has 6 saturated carbocycles. The Morgan fingerprint density at radius 2 is 0.730 bits per heavy atom. The van der Waals surface area contributed by atoms with E-state index < -0.39 is 63.1 Å². The Morgan fingerprint density at radius 1 is 0.426 bits per heavy atom. The third-order valence-corrected chi connectivity index (χ3v) is 19.2. The number of benzene rings is 8. The van der Waals surface area contributed by atoms with Gasteiger partial charge < -0.3 is 78.8 Å². The fraction of sp³-hybridized carbons (Fsp3) is 0.349. The molecule has 8 aromatic rings. The number of halogens is 5. The number of aromatic carboxylic acids is 1. The third kappa shape index (κ3) is 33.3. The number of ether oxygens (including phenoxy) is 10. The molecule has 0 spiro atoms. The Kier molecular flexibility index (Phi) is 39.1. The standard InChI is InChI=1S/C18H17FO3.C12H13BrO3.C12H13NO5.C12H15NO3.C11H11NO5.C8H6FNO4.C6H6BFO2.C4H8O.BrH.Cu.Li.H2O/c1-18(8-9-18)22-16-11-13(17(20)21-2)6-7-15(16)12-4-3-5-14(19)10-12;1-12(5-6-12)16-10-7-8(11(14)15-2)3-4-9(10)13;1-12(5-6-12)18-10-7-8(11(14)17-2)3-4-9(10)13(15)16;1-12(5-6-12)16-10-7-8(11(14)15-2)3-4-9(10)13;1-11(4-5-11)17-9-6-7(10(13)14)2-3-8(9)12(15)16;1-14-8(11)5-2-3-7(10(12)13)6(9)4-5;8-6-3-1-2-5(4-6)7(9)10;1-4(5)2-3-4;;;;/h3-7,10-11H,8-9H2,1-2H3;3-4,7H,5-6H2,1-2H3;3-4,7H,5-6H2,1-2H3;3-4,7H,5-6,13H2,1-2H3;2-3,6H,4-5H2,1H3,(H,13,14);2-4H,1H3;1-4,9-10H;5H,2-3H2,1H3;1H;;;1H2/q;;;;;;;;;2*+1;/p-2. The minimum Gasteiger partial charge on any atom is -0.870 e. The molecule has 0 atom stereocenters. The second-order valence-corrected chi connectivity index (χ2v) is 30.2. The predicted molar refractivity (Wildman–Crippen MR) is 438 cm³/mol. The van der Waals surface area contributed by atoms with Crippen molar-refractivity contribution in [1.29, 1.82) is 0 Å². The Hall–Kier alpha value is -10.6. The number of esters is 5. The minimum absolute atomic E-state index is 0. The van der Waals surface area contributed by atoms with Crippen molar-refractivity contribution in [3.63, 3.8) is 0 Å². The summed E-state index contributed by atoms with van der Waals surface area (Å²) in [5.41, 5.74) is 7.15. The number of carbonyl (C=O) groups is 6. The number of nitro benzene ring substituents is 3. The summed E-state index contributed by atoms with van der Waals surface area (Å²) in [6, 6.07) is 37.1. The molecule has 39 heteroatoms. The maximum atomic E-state index is 13.5. The molecule has 6 fully saturated rings. The fourth-order valence-corrected chi connectivity index (χ4v) is 10.1. The van der Waals surface area contributed by atoms with Gasteiger partial charge in [0.1, 0.15) is 56.9 Å². The molecule has 6 aliphatic rings. The van der Waals surface area contributed by atoms with Gasteiger partial charge in [-0.3, -0.25) is 30.3 Å². The summed E-state index contributed by atoms with van der Waals surface area (Å²) in [7, 11) is 4.87. The average molecular weight is 1870 g/mol. The van der Waals surface area contributed by atoms with Crippen LogP contribution < -0.4 is 53.7 Å². The van der Waals surface area contributed by atoms with Crippen molar-refractivity contribution < 1.29 is 163 Å². The van der Waals surface area contributed by atoms with Crippen molar-refractivity contribution in [2.45, 2.75) is 152 Å². The van der Waals surface area contributed by atoms with E-state index in [1.54, 1.807) is 60.7 Å². The summed E-state index contributed by atoms with van der Waals surface area (Å²) in [6.07, 6.45) is 11.5. The Labute approximate surface area is 736 Å². The van der Waals surface area contributed by atoms with Crippen molar-refractivity contribution in [3.05, 3.63) is 243 Å². The van der Waals surface area contributed by atoms with Crippen molar-refractivity contribution in [3.8, 4) is 39.9 Å². The van der Waals surface area contributed by atoms with E-state index in [4.69, 9.17) is 54.4 Å². The van der Waals surface area contributed by atoms with Crippen LogP contribution in [0.1, 0.15) is 181 Å². The molecule has 7 N–H and O–H groups in total. The number of nitrogens with two attached hydrogens (primary N) is 1. The van der Waals surface area contributed by atoms with E-state index in [0.29, 0.717) is 39.6 Å². The van der Waals surface area contributed by atoms with Crippen molar-refractivity contribution in [1.82, 2.24) is 0 Å². The Balaban J connectivity index is 0.000000296. The molecule has 31 nitrogen and oxygen atoms in total. The maximum absolute atomic E-state index is 13.5. The number of nitrogen functional groups attached to an aromatic ring is 1. The summed E-state index contributed by atoms with van der Waals surface area (Å²) in [5, 5.41) is 66.4. The van der Waals surface area contributed by atoms with Gasteiger partial charge in [0.25, 0.3) is 0 Å². The predicted octanol–water partition coefficient (Wildman–Crippen LogP) is 13.1. The molecule has 8 aromatic carbocycles. The van der Waals surface area contributed by atoms with Crippen LogP contribution in [0.5, 0.6) is 28.7 Å². The van der Waals surface area contributed by atoms with E-state index in [-0.39, 0.29) is 121 Å². The van der Waals surface area contributed by atoms with Crippen molar-refractivity contribution >= 4 is 101 Å². The Bertz CT molecular complexity index is 4950. The third-order valence-electron chi connectivity index (χ3n) is 18.5. The van der Waals surface area contributed by atoms with Gasteiger partial charge in [-0.05, 0) is 249 Å². The zero-order valence-corrected chi connectivity index (χ0v) is 72.5. The molecule has 0 bridgehead atoms. The summed E-state index contributed by atoms with van der Waals surface area (Å²) in [4.78, 5) is 97.4. The van der Waals surface area contributed by atoms with Crippen LogP contribution in [-0.2, 0) is 37.9 Å². The van der Waals surface area contributed by atoms with Crippen LogP contribution in [0.2, 0.25) is 0 Å². The zero-order valence-electron chi connectivity index (χ0n) is 68.4. The quantitative estimate of drug-likeness (QED) is 0.0111. The first-order valence-corrected chi connectivity index (χ1v) is 39.7. The van der Waals surface area contributed by atoms with Crippen LogP contribution in [0.15, 0.2) is 162 Å². The number of anilines is 1. The number of nitro groups is 3. The number of carboxylic acids is 1. The van der Waals surface area contributed by atoms with Gasteiger partial charge in [-0.1, -0.05) is 24.3 Å². The first-order valence-electron chi connectivity index (χ1n) is 36.6. The largest absolute Gasteiger partial charge is 1.00 e. The number of rotatable bonds is 21. The molecule has 6 aliphatic carbocycles. The van der Waals surface area contributed by atoms with Gasteiger partial charge in [-0.2, -0.15) is 4.39 Å². The smallest absolute Gasteiger partial charge is 0.870 e. The van der Waals surface area contributed by atoms with E-state index in [1.165, 1.54) is 89.1 Å². The van der Waals surface area contributed by atoms with Crippen LogP contribution in [0.4, 0.5) is 35.9 Å². The zero-order chi connectivity index (χ0) is 89.4. The maximum Gasteiger partial charge on any atom is 1.00 e. The van der Waals surface area contributed by atoms with Crippen LogP contribution >= 0.6 is 30.0 Å². The van der Waals surface area contributed by atoms with Crippen LogP contribution in [-0.4, -0.2) is 153 Å². The van der Waals surface area contributed by atoms with Crippen LogP contribution in [0.25, 0.3) is 11.1 Å². The average Bonchev–Trinajstić information content (AvgIpc) is 1.53. The molecule has 0 unspecified atom stereocenters. The molecule has 122 heavy (non-hydrogen) atoms. The molecule has 0 aromatic heterocycles. The first-order chi connectivity index (χ1) is 56.4. The topological polar surface area (TPSA) is 461 Å². The number of methoxy groups -OCH3 is 5. The summed E-state index contributed by atoms with van der Waals surface area (Å²) in [6.45, 7) is 11.7. The van der Waals surface area contributed by atoms with E-state index in [1.807, 2.05) is 40.7 Å². The van der Waals surface area contributed by atoms with Gasteiger partial charge in [0.2, 0.25) is 5.82 Å². The molecule has 0 amide bonds. The Morgan fingerprint density at radius 3 is 1.07 bits per heavy atom. The van der Waals surface area contributed by atoms with Gasteiger partial charge in [0.15, 0.2) is 11.5 Å². The minimum atomic E-state index is -1.59. The molecular weight excluding hydrogens is 1780 g/mol. The summed E-state index contributed by atoms with van der Waals surface area (Å²) >= 11 is 9.90. The van der Waals surface area contributed by atoms with E-state index in [2.05, 4.69) is 70.1 Å². The van der Waals surface area contributed by atoms with Gasteiger partial charge >= 0.3 is 107 Å². The van der Waals surface area contributed by atoms with Crippen LogP contribution in [0, 0.1) is 47.8 Å². The van der Waals surface area contributed by atoms with Gasteiger partial charge in [0, 0.05) is 35.9 Å². The molecule has 0 heterocycles. The second kappa shape index (κ2) is 46.0. The summed E-state index contributed by atoms with van der Waals surface area (Å²) < 4.78 is 91.2. The van der Waals surface area contributed by atoms with Gasteiger partial charge in [0.05, 0.1) is 99.5 Å². The normalized spacial score (nSPS) is 14.9. The SMILES string of the molecule is CC1(O)CC1.CC1(Oc2cc(C(=O)O)ccc2[N+](=O)[O-])CC1.COC(=O)c1ccc(-c2cccc(F)c2)c(OC2(C)CC2)c1.COC(=O)c1ccc(Br)c(OC2(C)CC2)c1.COC(=O)c1ccc(N)c(OC2(C)CC2)c1.COC(=O)c1ccc([N+](=O)[O-])c(F)c1.COC(=O)c1ccc([N+](=O)[O-])c(OC2(C)CC2)c1.OB(O)c1cccc(F)c1.[Cu][Br].[Li+].[OH-]. The fourth-order valence-electron chi connectivity index (χ4n) is 9.78. The molecule has 0 saturated heterocycles. The van der Waals surface area contributed by atoms with E-state index in [9.17, 15) is 72.3 Å². The van der Waals surface area contributed by atoms with Crippen LogP contribution in [0.3, 0.4) is 0 Å². The van der Waals surface area contributed by atoms with E-state index in [0.717, 1.165) is 130 Å². The molecule has 654 valence electrons. The van der Waals surface area contributed by atoms with Crippen molar-refractivity contribution in [2.75, 3.05) is 41.3 Å². The summed E-state index contributed by atoms with van der Waals surface area (Å²) in [5.74, 6) is -3.43. The molecular formula is C83H90BBr2CuF3LiN4O27. The first kappa shape index (κ1) is 104. The van der Waals surface area contributed by atoms with Crippen molar-refractivity contribution in [2.24, 2.45) is 0 Å². The second-order valence-electron chi connectivity index (χ2n) is 29.4. The number of carbonyl (C=O) groups excluding carboxylic acids is 5.